The van der Waals surface area contributed by atoms with Crippen LogP contribution in [0, 0.1) is 5.82 Å². The van der Waals surface area contributed by atoms with Crippen molar-refractivity contribution in [2.45, 2.75) is 19.5 Å². The maximum absolute atomic E-state index is 13.5. The van der Waals surface area contributed by atoms with Crippen LogP contribution in [0.15, 0.2) is 52.8 Å². The lowest BCUT2D eigenvalue weighted by Crippen LogP contribution is -2.42. The summed E-state index contributed by atoms with van der Waals surface area (Å²) in [6, 6.07) is 7.26. The topological polar surface area (TPSA) is 161 Å². The number of aliphatic hydroxyl groups excluding tert-OH is 1. The molecule has 0 bridgehead atoms. The van der Waals surface area contributed by atoms with E-state index in [4.69, 9.17) is 30.7 Å². The molecular formula is C24H27FN6O6. The molecule has 13 heteroatoms. The summed E-state index contributed by atoms with van der Waals surface area (Å²) in [6.07, 6.45) is 3.77. The largest absolute Gasteiger partial charge is 0.487 e. The van der Waals surface area contributed by atoms with Crippen molar-refractivity contribution in [3.63, 3.8) is 0 Å². The maximum Gasteiger partial charge on any atom is 0.294 e. The highest BCUT2D eigenvalue weighted by Crippen LogP contribution is 2.36. The molecule has 37 heavy (non-hydrogen) atoms. The number of carbonyl (C=O) groups is 2. The Morgan fingerprint density at radius 3 is 2.92 bits per heavy atom. The van der Waals surface area contributed by atoms with E-state index in [1.807, 2.05) is 6.92 Å². The van der Waals surface area contributed by atoms with Crippen LogP contribution in [-0.2, 0) is 11.3 Å². The molecule has 196 valence electrons. The third-order valence-corrected chi connectivity index (χ3v) is 5.59. The predicted molar refractivity (Wildman–Crippen MR) is 129 cm³/mol. The first-order valence-electron chi connectivity index (χ1n) is 11.4. The number of benzene rings is 1. The van der Waals surface area contributed by atoms with Crippen molar-refractivity contribution in [3.8, 4) is 11.5 Å². The number of hydroxylamine groups is 2. The van der Waals surface area contributed by atoms with Crippen LogP contribution in [0.3, 0.4) is 0 Å². The van der Waals surface area contributed by atoms with Crippen molar-refractivity contribution < 1.29 is 33.1 Å². The second kappa shape index (κ2) is 11.1. The van der Waals surface area contributed by atoms with Crippen LogP contribution in [0.4, 0.5) is 4.39 Å². The first-order chi connectivity index (χ1) is 17.8. The average molecular weight is 515 g/mol. The van der Waals surface area contributed by atoms with Gasteiger partial charge in [0.2, 0.25) is 12.2 Å². The predicted octanol–water partition coefficient (Wildman–Crippen LogP) is 1.11. The van der Waals surface area contributed by atoms with Crippen molar-refractivity contribution in [1.29, 1.82) is 0 Å². The summed E-state index contributed by atoms with van der Waals surface area (Å²) in [4.78, 5) is 33.8. The summed E-state index contributed by atoms with van der Waals surface area (Å²) in [5, 5.41) is 11.7. The summed E-state index contributed by atoms with van der Waals surface area (Å²) in [6.45, 7) is 2.67. The number of rotatable bonds is 6. The fourth-order valence-corrected chi connectivity index (χ4v) is 3.80. The summed E-state index contributed by atoms with van der Waals surface area (Å²) >= 11 is 0. The van der Waals surface area contributed by atoms with E-state index >= 15 is 0 Å². The highest BCUT2D eigenvalue weighted by Gasteiger charge is 2.33. The van der Waals surface area contributed by atoms with E-state index in [9.17, 15) is 14.0 Å². The van der Waals surface area contributed by atoms with E-state index in [1.54, 1.807) is 18.3 Å². The Kier molecular flexibility index (Phi) is 7.74. The Hall–Kier alpha value is -4.36. The van der Waals surface area contributed by atoms with Gasteiger partial charge < -0.3 is 34.7 Å². The van der Waals surface area contributed by atoms with E-state index in [2.05, 4.69) is 4.98 Å². The number of amides is 2. The first-order valence-corrected chi connectivity index (χ1v) is 11.4. The fraction of sp³-hybridized carbons (Fsp3) is 0.292. The standard InChI is InChI=1S/C17H21FN4O4.C7H6N2O2/c1-10-9-25-15-13-6-11(18)2-3-14(13)26-16(15)17(24)22(10)8-12(19)7-21(20)4-5-23;10-5-9-4-6-7(11-9)2-1-3-8-6/h2-3,6-7,10,23H,4-5,8-9,19-20H2,1H3;1-3,5H,4H2/b12-7-;. The molecule has 1 atom stereocenters. The highest BCUT2D eigenvalue weighted by atomic mass is 19.1. The molecule has 1 aromatic carbocycles. The molecule has 5 N–H and O–H groups in total. The van der Waals surface area contributed by atoms with E-state index in [0.29, 0.717) is 35.4 Å². The summed E-state index contributed by atoms with van der Waals surface area (Å²) < 4.78 is 24.9. The van der Waals surface area contributed by atoms with E-state index < -0.39 is 11.7 Å². The van der Waals surface area contributed by atoms with Gasteiger partial charge in [-0.15, -0.1) is 0 Å². The number of aliphatic hydroxyl groups is 1. The minimum absolute atomic E-state index is 0.0164. The Morgan fingerprint density at radius 2 is 2.19 bits per heavy atom. The van der Waals surface area contributed by atoms with Gasteiger partial charge in [0, 0.05) is 18.1 Å². The number of hydrogen-bond acceptors (Lipinski definition) is 10. The van der Waals surface area contributed by atoms with E-state index in [0.717, 1.165) is 5.69 Å². The van der Waals surface area contributed by atoms with E-state index in [-0.39, 0.29) is 43.9 Å². The third-order valence-electron chi connectivity index (χ3n) is 5.59. The highest BCUT2D eigenvalue weighted by molar-refractivity contribution is 6.02. The Bertz CT molecular complexity index is 1290. The van der Waals surface area contributed by atoms with Gasteiger partial charge >= 0.3 is 0 Å². The number of furan rings is 1. The molecule has 3 aromatic rings. The molecule has 5 rings (SSSR count). The number of hydrogen-bond donors (Lipinski definition) is 3. The smallest absolute Gasteiger partial charge is 0.294 e. The van der Waals surface area contributed by atoms with Gasteiger partial charge in [0.15, 0.2) is 11.5 Å². The molecule has 0 saturated heterocycles. The van der Waals surface area contributed by atoms with Crippen LogP contribution in [0.2, 0.25) is 0 Å². The van der Waals surface area contributed by atoms with Crippen LogP contribution < -0.4 is 21.2 Å². The summed E-state index contributed by atoms with van der Waals surface area (Å²) in [5.74, 6) is 5.75. The Labute approximate surface area is 211 Å². The second-order valence-electron chi connectivity index (χ2n) is 8.38. The number of hydrazine groups is 1. The van der Waals surface area contributed by atoms with Crippen molar-refractivity contribution in [1.82, 2.24) is 20.0 Å². The second-order valence-corrected chi connectivity index (χ2v) is 8.38. The van der Waals surface area contributed by atoms with Crippen LogP contribution >= 0.6 is 0 Å². The van der Waals surface area contributed by atoms with Gasteiger partial charge in [0.25, 0.3) is 5.91 Å². The normalized spacial score (nSPS) is 16.7. The SMILES string of the molecule is CC1COc2c(oc3ccc(F)cc23)C(=O)N1C/C(N)=C/N(N)CCO.O=CN1Cc2ncccc2O1. The minimum Gasteiger partial charge on any atom is -0.487 e. The molecule has 0 fully saturated rings. The van der Waals surface area contributed by atoms with Crippen molar-refractivity contribution in [3.05, 3.63) is 65.7 Å². The molecule has 0 saturated carbocycles. The van der Waals surface area contributed by atoms with E-state index in [1.165, 1.54) is 39.4 Å². The summed E-state index contributed by atoms with van der Waals surface area (Å²) in [7, 11) is 0. The lowest BCUT2D eigenvalue weighted by atomic mass is 10.2. The molecule has 12 nitrogen and oxygen atoms in total. The lowest BCUT2D eigenvalue weighted by molar-refractivity contribution is -0.139. The number of fused-ring (bicyclic) bond motifs is 4. The van der Waals surface area contributed by atoms with Crippen molar-refractivity contribution >= 4 is 23.3 Å². The van der Waals surface area contributed by atoms with Gasteiger partial charge in [0.05, 0.1) is 31.1 Å². The molecule has 0 aliphatic carbocycles. The molecule has 4 heterocycles. The zero-order valence-corrected chi connectivity index (χ0v) is 20.0. The van der Waals surface area contributed by atoms with Gasteiger partial charge in [0.1, 0.15) is 30.2 Å². The zero-order valence-electron chi connectivity index (χ0n) is 20.0. The number of nitrogens with zero attached hydrogens (tertiary/aromatic N) is 4. The number of aromatic nitrogens is 1. The number of carbonyl (C=O) groups excluding carboxylic acids is 2. The zero-order chi connectivity index (χ0) is 26.5. The third kappa shape index (κ3) is 5.73. The van der Waals surface area contributed by atoms with Crippen molar-refractivity contribution in [2.75, 3.05) is 26.3 Å². The van der Waals surface area contributed by atoms with Gasteiger partial charge in [-0.25, -0.2) is 10.2 Å². The number of halogens is 1. The fourth-order valence-electron chi connectivity index (χ4n) is 3.80. The molecule has 0 radical (unpaired) electrons. The molecule has 2 aliphatic rings. The average Bonchev–Trinajstić information content (AvgIpc) is 3.44. The first kappa shape index (κ1) is 25.7. The van der Waals surface area contributed by atoms with Crippen LogP contribution in [-0.4, -0.2) is 69.7 Å². The lowest BCUT2D eigenvalue weighted by Gasteiger charge is -2.26. The van der Waals surface area contributed by atoms with Crippen molar-refractivity contribution in [2.24, 2.45) is 11.6 Å². The van der Waals surface area contributed by atoms with Gasteiger partial charge in [-0.3, -0.25) is 14.6 Å². The summed E-state index contributed by atoms with van der Waals surface area (Å²) in [5.41, 5.74) is 7.49. The number of pyridine rings is 1. The Balaban J connectivity index is 0.000000241. The van der Waals surface area contributed by atoms with Crippen LogP contribution in [0.1, 0.15) is 23.2 Å². The molecule has 2 amide bonds. The minimum atomic E-state index is -0.439. The number of ether oxygens (including phenoxy) is 1. The van der Waals surface area contributed by atoms with Gasteiger partial charge in [-0.2, -0.15) is 5.06 Å². The Morgan fingerprint density at radius 1 is 1.38 bits per heavy atom. The molecule has 2 aliphatic heterocycles. The van der Waals surface area contributed by atoms with Crippen LogP contribution in [0.5, 0.6) is 11.5 Å². The quantitative estimate of drug-likeness (QED) is 0.247. The number of nitrogens with two attached hydrogens (primary N) is 2. The van der Waals surface area contributed by atoms with Gasteiger partial charge in [-0.05, 0) is 37.3 Å². The molecule has 0 spiro atoms. The molecular weight excluding hydrogens is 487 g/mol. The molecule has 2 aromatic heterocycles. The monoisotopic (exact) mass is 514 g/mol. The maximum atomic E-state index is 13.5. The van der Waals surface area contributed by atoms with Gasteiger partial charge in [-0.1, -0.05) is 0 Å². The van der Waals surface area contributed by atoms with Crippen LogP contribution in [0.25, 0.3) is 11.0 Å². The molecule has 1 unspecified atom stereocenters.